The second kappa shape index (κ2) is 5.53. The van der Waals surface area contributed by atoms with Gasteiger partial charge in [-0.25, -0.2) is 13.4 Å². The van der Waals surface area contributed by atoms with Crippen LogP contribution in [0.1, 0.15) is 5.56 Å². The first-order valence-corrected chi connectivity index (χ1v) is 7.38. The van der Waals surface area contributed by atoms with E-state index in [2.05, 4.69) is 4.98 Å². The number of pyridine rings is 1. The average Bonchev–Trinajstić information content (AvgIpc) is 2.37. The summed E-state index contributed by atoms with van der Waals surface area (Å²) < 4.78 is 64.7. The largest absolute Gasteiger partial charge is 0.417 e. The van der Waals surface area contributed by atoms with Gasteiger partial charge in [-0.2, -0.15) is 13.2 Å². The molecule has 0 fully saturated rings. The lowest BCUT2D eigenvalue weighted by Gasteiger charge is -2.13. The number of benzene rings is 1. The molecule has 0 aliphatic heterocycles. The summed E-state index contributed by atoms with van der Waals surface area (Å²) in [5.74, 6) is -0.167. The van der Waals surface area contributed by atoms with E-state index in [0.29, 0.717) is 6.07 Å². The van der Waals surface area contributed by atoms with E-state index in [1.807, 2.05) is 4.72 Å². The van der Waals surface area contributed by atoms with Crippen LogP contribution in [0.15, 0.2) is 47.4 Å². The second-order valence-electron chi connectivity index (χ2n) is 3.94. The van der Waals surface area contributed by atoms with Gasteiger partial charge in [0.25, 0.3) is 10.0 Å². The Hall–Kier alpha value is -1.80. The minimum Gasteiger partial charge on any atom is -0.263 e. The third kappa shape index (κ3) is 3.64. The Morgan fingerprint density at radius 2 is 1.71 bits per heavy atom. The number of alkyl halides is 3. The molecule has 0 aliphatic rings. The Kier molecular flexibility index (Phi) is 4.11. The fourth-order valence-electron chi connectivity index (χ4n) is 1.59. The predicted octanol–water partition coefficient (Wildman–Crippen LogP) is 3.55. The SMILES string of the molecule is O=S(=O)(Nc1cccc(Cl)n1)c1ccccc1C(F)(F)F. The Balaban J connectivity index is 2.46. The molecule has 1 heterocycles. The molecule has 1 aromatic carbocycles. The number of nitrogens with one attached hydrogen (secondary N) is 1. The standard InChI is InChI=1S/C12H8ClF3N2O2S/c13-10-6-3-7-11(17-10)18-21(19,20)9-5-2-1-4-8(9)12(14,15)16/h1-7H,(H,17,18). The molecule has 2 rings (SSSR count). The van der Waals surface area contributed by atoms with Gasteiger partial charge in [0, 0.05) is 0 Å². The molecule has 2 aromatic rings. The molecule has 1 N–H and O–H groups in total. The van der Waals surface area contributed by atoms with Crippen LogP contribution >= 0.6 is 11.6 Å². The zero-order chi connectivity index (χ0) is 15.7. The minimum atomic E-state index is -4.78. The van der Waals surface area contributed by atoms with Crippen molar-refractivity contribution in [2.24, 2.45) is 0 Å². The maximum absolute atomic E-state index is 12.9. The molecule has 0 bridgehead atoms. The van der Waals surface area contributed by atoms with E-state index in [1.165, 1.54) is 24.3 Å². The van der Waals surface area contributed by atoms with Crippen LogP contribution < -0.4 is 4.72 Å². The molecule has 0 aliphatic carbocycles. The summed E-state index contributed by atoms with van der Waals surface area (Å²) in [6.45, 7) is 0. The van der Waals surface area contributed by atoms with Crippen LogP contribution in [0.5, 0.6) is 0 Å². The molecule has 4 nitrogen and oxygen atoms in total. The maximum Gasteiger partial charge on any atom is 0.417 e. The molecule has 0 saturated heterocycles. The molecule has 0 radical (unpaired) electrons. The van der Waals surface area contributed by atoms with Gasteiger partial charge in [-0.3, -0.25) is 4.72 Å². The highest BCUT2D eigenvalue weighted by atomic mass is 35.5. The first kappa shape index (κ1) is 15.6. The minimum absolute atomic E-state index is 0.0132. The number of halogens is 4. The normalized spacial score (nSPS) is 12.2. The fourth-order valence-corrected chi connectivity index (χ4v) is 2.99. The monoisotopic (exact) mass is 336 g/mol. The molecule has 0 spiro atoms. The van der Waals surface area contributed by atoms with Gasteiger partial charge in [-0.1, -0.05) is 29.8 Å². The quantitative estimate of drug-likeness (QED) is 0.872. The number of aromatic nitrogens is 1. The van der Waals surface area contributed by atoms with Gasteiger partial charge in [0.05, 0.1) is 10.5 Å². The Bertz CT molecular complexity index is 763. The van der Waals surface area contributed by atoms with Gasteiger partial charge in [0.1, 0.15) is 11.0 Å². The highest BCUT2D eigenvalue weighted by Gasteiger charge is 2.36. The summed E-state index contributed by atoms with van der Waals surface area (Å²) in [4.78, 5) is 2.79. The van der Waals surface area contributed by atoms with Crippen LogP contribution in [0.25, 0.3) is 0 Å². The second-order valence-corrected chi connectivity index (χ2v) is 5.98. The molecule has 21 heavy (non-hydrogen) atoms. The average molecular weight is 337 g/mol. The Morgan fingerprint density at radius 3 is 2.33 bits per heavy atom. The summed E-state index contributed by atoms with van der Waals surface area (Å²) >= 11 is 5.60. The number of sulfonamides is 1. The Morgan fingerprint density at radius 1 is 1.05 bits per heavy atom. The van der Waals surface area contributed by atoms with Crippen molar-refractivity contribution in [3.05, 3.63) is 53.2 Å². The smallest absolute Gasteiger partial charge is 0.263 e. The predicted molar refractivity (Wildman–Crippen MR) is 71.5 cm³/mol. The lowest BCUT2D eigenvalue weighted by atomic mass is 10.2. The van der Waals surface area contributed by atoms with Crippen LogP contribution in [0.4, 0.5) is 19.0 Å². The van der Waals surface area contributed by atoms with Crippen molar-refractivity contribution in [1.82, 2.24) is 4.98 Å². The molecule has 1 aromatic heterocycles. The fraction of sp³-hybridized carbons (Fsp3) is 0.0833. The van der Waals surface area contributed by atoms with E-state index in [9.17, 15) is 21.6 Å². The molecular weight excluding hydrogens is 329 g/mol. The number of rotatable bonds is 3. The van der Waals surface area contributed by atoms with Gasteiger partial charge in [-0.15, -0.1) is 0 Å². The Labute approximate surface area is 123 Å². The van der Waals surface area contributed by atoms with Crippen molar-refractivity contribution in [1.29, 1.82) is 0 Å². The summed E-state index contributed by atoms with van der Waals surface area (Å²) in [7, 11) is -4.44. The van der Waals surface area contributed by atoms with Crippen molar-refractivity contribution in [3.63, 3.8) is 0 Å². The van der Waals surface area contributed by atoms with Gasteiger partial charge in [-0.05, 0) is 24.3 Å². The first-order chi connectivity index (χ1) is 9.70. The molecule has 0 amide bonds. The summed E-state index contributed by atoms with van der Waals surface area (Å²) in [6, 6.07) is 7.98. The molecule has 9 heteroatoms. The number of nitrogens with zero attached hydrogens (tertiary/aromatic N) is 1. The van der Waals surface area contributed by atoms with E-state index in [0.717, 1.165) is 12.1 Å². The van der Waals surface area contributed by atoms with Crippen molar-refractivity contribution in [2.45, 2.75) is 11.1 Å². The number of anilines is 1. The zero-order valence-electron chi connectivity index (χ0n) is 10.2. The molecule has 112 valence electrons. The van der Waals surface area contributed by atoms with E-state index in [-0.39, 0.29) is 11.0 Å². The third-order valence-electron chi connectivity index (χ3n) is 2.44. The topological polar surface area (TPSA) is 59.1 Å². The van der Waals surface area contributed by atoms with E-state index >= 15 is 0 Å². The van der Waals surface area contributed by atoms with Crippen LogP contribution in [0, 0.1) is 0 Å². The van der Waals surface area contributed by atoms with Crippen molar-refractivity contribution >= 4 is 27.4 Å². The molecular formula is C12H8ClF3N2O2S. The van der Waals surface area contributed by atoms with Crippen molar-refractivity contribution < 1.29 is 21.6 Å². The molecule has 0 saturated carbocycles. The molecule has 0 unspecified atom stereocenters. The van der Waals surface area contributed by atoms with Gasteiger partial charge in [0.2, 0.25) is 0 Å². The van der Waals surface area contributed by atoms with E-state index < -0.39 is 26.7 Å². The van der Waals surface area contributed by atoms with Crippen LogP contribution in [-0.2, 0) is 16.2 Å². The number of hydrogen-bond donors (Lipinski definition) is 1. The lowest BCUT2D eigenvalue weighted by molar-refractivity contribution is -0.139. The highest BCUT2D eigenvalue weighted by molar-refractivity contribution is 7.92. The van der Waals surface area contributed by atoms with E-state index in [1.54, 1.807) is 0 Å². The van der Waals surface area contributed by atoms with Gasteiger partial charge < -0.3 is 0 Å². The number of hydrogen-bond acceptors (Lipinski definition) is 3. The summed E-state index contributed by atoms with van der Waals surface area (Å²) in [6.07, 6.45) is -4.78. The van der Waals surface area contributed by atoms with Gasteiger partial charge in [0.15, 0.2) is 0 Å². The van der Waals surface area contributed by atoms with Crippen molar-refractivity contribution in [3.8, 4) is 0 Å². The summed E-state index contributed by atoms with van der Waals surface area (Å²) in [5, 5.41) is 0.0132. The lowest BCUT2D eigenvalue weighted by Crippen LogP contribution is -2.19. The van der Waals surface area contributed by atoms with Gasteiger partial charge >= 0.3 is 6.18 Å². The van der Waals surface area contributed by atoms with Crippen molar-refractivity contribution in [2.75, 3.05) is 4.72 Å². The van der Waals surface area contributed by atoms with Crippen LogP contribution in [0.3, 0.4) is 0 Å². The third-order valence-corrected chi connectivity index (χ3v) is 4.06. The van der Waals surface area contributed by atoms with E-state index in [4.69, 9.17) is 11.6 Å². The highest BCUT2D eigenvalue weighted by Crippen LogP contribution is 2.34. The molecule has 0 atom stereocenters. The van der Waals surface area contributed by atoms with Crippen LogP contribution in [0.2, 0.25) is 5.15 Å². The zero-order valence-corrected chi connectivity index (χ0v) is 11.8. The summed E-state index contributed by atoms with van der Waals surface area (Å²) in [5.41, 5.74) is -1.25. The van der Waals surface area contributed by atoms with Crippen LogP contribution in [-0.4, -0.2) is 13.4 Å². The maximum atomic E-state index is 12.9. The first-order valence-electron chi connectivity index (χ1n) is 5.52.